The second-order valence-corrected chi connectivity index (χ2v) is 7.07. The molecule has 1 atom stereocenters. The smallest absolute Gasteiger partial charge is 0.254 e. The van der Waals surface area contributed by atoms with E-state index in [9.17, 15) is 4.79 Å². The summed E-state index contributed by atoms with van der Waals surface area (Å²) in [6, 6.07) is 20.1. The van der Waals surface area contributed by atoms with Gasteiger partial charge in [-0.3, -0.25) is 4.79 Å². The van der Waals surface area contributed by atoms with E-state index in [-0.39, 0.29) is 11.9 Å². The summed E-state index contributed by atoms with van der Waals surface area (Å²) in [7, 11) is 0. The van der Waals surface area contributed by atoms with Gasteiger partial charge in [0.05, 0.1) is 6.04 Å². The second-order valence-electron chi connectivity index (χ2n) is 7.07. The summed E-state index contributed by atoms with van der Waals surface area (Å²) in [5.74, 6) is 0.969. The summed E-state index contributed by atoms with van der Waals surface area (Å²) in [6.45, 7) is 2.88. The Morgan fingerprint density at radius 3 is 2.59 bits per heavy atom. The number of hydrogen-bond acceptors (Lipinski definition) is 3. The minimum atomic E-state index is 0.0145. The number of rotatable bonds is 5. The van der Waals surface area contributed by atoms with E-state index in [4.69, 9.17) is 4.52 Å². The number of amides is 1. The van der Waals surface area contributed by atoms with Gasteiger partial charge in [0.25, 0.3) is 5.91 Å². The average Bonchev–Trinajstić information content (AvgIpc) is 3.38. The van der Waals surface area contributed by atoms with Gasteiger partial charge in [0, 0.05) is 24.6 Å². The molecule has 0 saturated carbocycles. The number of nitrogens with zero attached hydrogens (tertiary/aromatic N) is 2. The van der Waals surface area contributed by atoms with Crippen LogP contribution in [0.2, 0.25) is 0 Å². The molecule has 27 heavy (non-hydrogen) atoms. The molecule has 1 fully saturated rings. The molecule has 4 rings (SSSR count). The topological polar surface area (TPSA) is 46.3 Å². The summed E-state index contributed by atoms with van der Waals surface area (Å²) >= 11 is 0. The van der Waals surface area contributed by atoms with E-state index in [0.717, 1.165) is 60.4 Å². The molecule has 0 bridgehead atoms. The Labute approximate surface area is 159 Å². The second kappa shape index (κ2) is 7.78. The van der Waals surface area contributed by atoms with Crippen LogP contribution < -0.4 is 0 Å². The largest absolute Gasteiger partial charge is 0.361 e. The maximum absolute atomic E-state index is 13.1. The highest BCUT2D eigenvalue weighted by Crippen LogP contribution is 2.33. The van der Waals surface area contributed by atoms with Crippen molar-refractivity contribution >= 4 is 5.91 Å². The number of likely N-dealkylation sites (tertiary alicyclic amines) is 1. The van der Waals surface area contributed by atoms with Crippen LogP contribution in [0.4, 0.5) is 0 Å². The predicted octanol–water partition coefficient (Wildman–Crippen LogP) is 5.27. The number of benzene rings is 2. The van der Waals surface area contributed by atoms with E-state index < -0.39 is 0 Å². The number of aromatic nitrogens is 1. The maximum Gasteiger partial charge on any atom is 0.254 e. The molecule has 1 aliphatic rings. The zero-order valence-corrected chi connectivity index (χ0v) is 15.6. The van der Waals surface area contributed by atoms with Gasteiger partial charge in [0.1, 0.15) is 11.5 Å². The third kappa shape index (κ3) is 3.65. The quantitative estimate of drug-likeness (QED) is 0.622. The van der Waals surface area contributed by atoms with E-state index in [1.807, 2.05) is 53.4 Å². The standard InChI is InChI=1S/C23H24N2O2/c1-2-7-20-16-21(24-27-20)22-10-6-15-25(22)23(26)19-13-11-18(12-14-19)17-8-4-3-5-9-17/h3-5,8-9,11-14,16,22H,2,6-7,10,15H2,1H3. The van der Waals surface area contributed by atoms with Crippen molar-refractivity contribution in [2.24, 2.45) is 0 Å². The minimum Gasteiger partial charge on any atom is -0.361 e. The molecule has 3 aromatic rings. The van der Waals surface area contributed by atoms with Crippen LogP contribution in [0.25, 0.3) is 11.1 Å². The Kier molecular flexibility index (Phi) is 5.05. The molecular formula is C23H24N2O2. The zero-order valence-electron chi connectivity index (χ0n) is 15.6. The van der Waals surface area contributed by atoms with Gasteiger partial charge in [-0.2, -0.15) is 0 Å². The first-order valence-electron chi connectivity index (χ1n) is 9.68. The molecule has 2 heterocycles. The fourth-order valence-electron chi connectivity index (χ4n) is 3.77. The van der Waals surface area contributed by atoms with E-state index in [1.54, 1.807) is 0 Å². The van der Waals surface area contributed by atoms with Crippen LogP contribution in [-0.2, 0) is 6.42 Å². The van der Waals surface area contributed by atoms with E-state index in [2.05, 4.69) is 24.2 Å². The lowest BCUT2D eigenvalue weighted by Gasteiger charge is -2.23. The van der Waals surface area contributed by atoms with Gasteiger partial charge in [-0.1, -0.05) is 54.5 Å². The van der Waals surface area contributed by atoms with E-state index in [0.29, 0.717) is 0 Å². The van der Waals surface area contributed by atoms with Crippen LogP contribution >= 0.6 is 0 Å². The Morgan fingerprint density at radius 1 is 1.11 bits per heavy atom. The van der Waals surface area contributed by atoms with Crippen LogP contribution in [0.1, 0.15) is 54.0 Å². The number of hydrogen-bond donors (Lipinski definition) is 0. The van der Waals surface area contributed by atoms with E-state index >= 15 is 0 Å². The zero-order chi connectivity index (χ0) is 18.6. The fourth-order valence-corrected chi connectivity index (χ4v) is 3.77. The first kappa shape index (κ1) is 17.5. The highest BCUT2D eigenvalue weighted by Gasteiger charge is 2.32. The lowest BCUT2D eigenvalue weighted by molar-refractivity contribution is 0.0731. The molecule has 0 aliphatic carbocycles. The summed E-state index contributed by atoms with van der Waals surface area (Å²) in [5.41, 5.74) is 3.87. The van der Waals surface area contributed by atoms with Crippen molar-refractivity contribution in [2.45, 2.75) is 38.6 Å². The van der Waals surface area contributed by atoms with Crippen LogP contribution in [0.15, 0.2) is 65.2 Å². The highest BCUT2D eigenvalue weighted by atomic mass is 16.5. The molecule has 1 aliphatic heterocycles. The summed E-state index contributed by atoms with van der Waals surface area (Å²) in [6.07, 6.45) is 3.84. The maximum atomic E-state index is 13.1. The molecule has 138 valence electrons. The number of carbonyl (C=O) groups excluding carboxylic acids is 1. The van der Waals surface area contributed by atoms with Crippen molar-refractivity contribution in [3.05, 3.63) is 77.7 Å². The van der Waals surface area contributed by atoms with Gasteiger partial charge >= 0.3 is 0 Å². The predicted molar refractivity (Wildman–Crippen MR) is 105 cm³/mol. The SMILES string of the molecule is CCCc1cc(C2CCCN2C(=O)c2ccc(-c3ccccc3)cc2)no1. The first-order chi connectivity index (χ1) is 13.3. The minimum absolute atomic E-state index is 0.0145. The molecule has 4 heteroatoms. The van der Waals surface area contributed by atoms with E-state index in [1.165, 1.54) is 0 Å². The van der Waals surface area contributed by atoms with Gasteiger partial charge in [-0.15, -0.1) is 0 Å². The molecule has 1 saturated heterocycles. The monoisotopic (exact) mass is 360 g/mol. The van der Waals surface area contributed by atoms with Crippen LogP contribution in [0.3, 0.4) is 0 Å². The Morgan fingerprint density at radius 2 is 1.85 bits per heavy atom. The van der Waals surface area contributed by atoms with Gasteiger partial charge in [0.15, 0.2) is 0 Å². The molecular weight excluding hydrogens is 336 g/mol. The molecule has 1 amide bonds. The third-order valence-electron chi connectivity index (χ3n) is 5.17. The van der Waals surface area contributed by atoms with Crippen molar-refractivity contribution < 1.29 is 9.32 Å². The number of aryl methyl sites for hydroxylation is 1. The Bertz CT molecular complexity index is 900. The normalized spacial score (nSPS) is 16.6. The van der Waals surface area contributed by atoms with Gasteiger partial charge in [-0.25, -0.2) is 0 Å². The molecule has 0 spiro atoms. The van der Waals surface area contributed by atoms with Crippen LogP contribution in [-0.4, -0.2) is 22.5 Å². The Hall–Kier alpha value is -2.88. The van der Waals surface area contributed by atoms with Gasteiger partial charge in [0.2, 0.25) is 0 Å². The summed E-state index contributed by atoms with van der Waals surface area (Å²) in [5, 5.41) is 4.23. The van der Waals surface area contributed by atoms with Crippen LogP contribution in [0.5, 0.6) is 0 Å². The lowest BCUT2D eigenvalue weighted by atomic mass is 10.0. The van der Waals surface area contributed by atoms with Crippen LogP contribution in [0, 0.1) is 0 Å². The van der Waals surface area contributed by atoms with Crippen molar-refractivity contribution in [2.75, 3.05) is 6.54 Å². The van der Waals surface area contributed by atoms with Crippen molar-refractivity contribution in [1.82, 2.24) is 10.1 Å². The van der Waals surface area contributed by atoms with Crippen molar-refractivity contribution in [1.29, 1.82) is 0 Å². The number of carbonyl (C=O) groups is 1. The summed E-state index contributed by atoms with van der Waals surface area (Å²) < 4.78 is 5.43. The average molecular weight is 360 g/mol. The Balaban J connectivity index is 1.52. The molecule has 1 aromatic heterocycles. The van der Waals surface area contributed by atoms with Crippen molar-refractivity contribution in [3.8, 4) is 11.1 Å². The third-order valence-corrected chi connectivity index (χ3v) is 5.17. The first-order valence-corrected chi connectivity index (χ1v) is 9.68. The molecule has 0 N–H and O–H groups in total. The summed E-state index contributed by atoms with van der Waals surface area (Å²) in [4.78, 5) is 15.0. The lowest BCUT2D eigenvalue weighted by Crippen LogP contribution is -2.30. The molecule has 4 nitrogen and oxygen atoms in total. The molecule has 2 aromatic carbocycles. The molecule has 0 radical (unpaired) electrons. The van der Waals surface area contributed by atoms with Gasteiger partial charge in [-0.05, 0) is 42.5 Å². The highest BCUT2D eigenvalue weighted by molar-refractivity contribution is 5.95. The molecule has 1 unspecified atom stereocenters. The van der Waals surface area contributed by atoms with Crippen molar-refractivity contribution in [3.63, 3.8) is 0 Å². The van der Waals surface area contributed by atoms with Gasteiger partial charge < -0.3 is 9.42 Å². The fraction of sp³-hybridized carbons (Fsp3) is 0.304.